The number of benzene rings is 1. The predicted molar refractivity (Wildman–Crippen MR) is 89.6 cm³/mol. The van der Waals surface area contributed by atoms with E-state index >= 15 is 0 Å². The van der Waals surface area contributed by atoms with Crippen LogP contribution in [-0.4, -0.2) is 47.8 Å². The van der Waals surface area contributed by atoms with E-state index < -0.39 is 11.7 Å². The number of ether oxygens (including phenoxy) is 1. The second kappa shape index (κ2) is 7.33. The van der Waals surface area contributed by atoms with Gasteiger partial charge in [0.05, 0.1) is 6.42 Å². The molecular formula is C17H23N3O4. The van der Waals surface area contributed by atoms with Crippen molar-refractivity contribution in [2.45, 2.75) is 32.8 Å². The summed E-state index contributed by atoms with van der Waals surface area (Å²) in [7, 11) is 1.63. The maximum Gasteiger partial charge on any atom is 0.410 e. The molecule has 1 aromatic carbocycles. The van der Waals surface area contributed by atoms with E-state index in [-0.39, 0.29) is 12.3 Å². The van der Waals surface area contributed by atoms with Gasteiger partial charge < -0.3 is 19.5 Å². The summed E-state index contributed by atoms with van der Waals surface area (Å²) >= 11 is 0. The number of hydrogen-bond acceptors (Lipinski definition) is 5. The van der Waals surface area contributed by atoms with Gasteiger partial charge in [0.15, 0.2) is 5.58 Å². The zero-order chi connectivity index (χ0) is 17.7. The molecule has 0 saturated heterocycles. The number of carbonyl (C=O) groups excluding carboxylic acids is 2. The number of nitrogens with one attached hydrogen (secondary N) is 1. The molecule has 1 heterocycles. The average molecular weight is 333 g/mol. The number of nitrogens with zero attached hydrogens (tertiary/aromatic N) is 2. The first-order valence-corrected chi connectivity index (χ1v) is 7.80. The number of hydrogen-bond donors (Lipinski definition) is 1. The maximum absolute atomic E-state index is 12.0. The molecule has 24 heavy (non-hydrogen) atoms. The van der Waals surface area contributed by atoms with Gasteiger partial charge in [0.1, 0.15) is 11.3 Å². The van der Waals surface area contributed by atoms with Crippen molar-refractivity contribution in [3.05, 3.63) is 30.0 Å². The Hall–Kier alpha value is -2.57. The van der Waals surface area contributed by atoms with Crippen molar-refractivity contribution in [2.75, 3.05) is 20.1 Å². The summed E-state index contributed by atoms with van der Waals surface area (Å²) in [5, 5.41) is 7.52. The van der Waals surface area contributed by atoms with Crippen molar-refractivity contribution in [3.8, 4) is 0 Å². The fraction of sp³-hybridized carbons (Fsp3) is 0.471. The van der Waals surface area contributed by atoms with E-state index in [0.717, 1.165) is 5.39 Å². The fourth-order valence-corrected chi connectivity index (χ4v) is 2.07. The minimum atomic E-state index is -0.539. The fourth-order valence-electron chi connectivity index (χ4n) is 2.07. The summed E-state index contributed by atoms with van der Waals surface area (Å²) in [6.07, 6.45) is -0.285. The van der Waals surface area contributed by atoms with Gasteiger partial charge in [-0.1, -0.05) is 17.3 Å². The van der Waals surface area contributed by atoms with Gasteiger partial charge in [0, 0.05) is 25.5 Å². The molecular weight excluding hydrogens is 310 g/mol. The normalized spacial score (nSPS) is 11.3. The standard InChI is InChI=1S/C17H23N3O4/c1-17(2,3)23-16(22)20(4)10-9-18-15(21)11-13-12-7-5-6-8-14(12)24-19-13/h5-8H,9-11H2,1-4H3,(H,18,21). The van der Waals surface area contributed by atoms with Gasteiger partial charge >= 0.3 is 6.09 Å². The maximum atomic E-state index is 12.0. The molecule has 0 bridgehead atoms. The summed E-state index contributed by atoms with van der Waals surface area (Å²) in [6, 6.07) is 7.39. The molecule has 2 amide bonds. The lowest BCUT2D eigenvalue weighted by atomic mass is 10.1. The van der Waals surface area contributed by atoms with Crippen molar-refractivity contribution in [3.63, 3.8) is 0 Å². The Bertz CT molecular complexity index is 718. The molecule has 7 heteroatoms. The van der Waals surface area contributed by atoms with Crippen molar-refractivity contribution >= 4 is 23.0 Å². The van der Waals surface area contributed by atoms with Crippen molar-refractivity contribution in [1.29, 1.82) is 0 Å². The highest BCUT2D eigenvalue weighted by Crippen LogP contribution is 2.17. The summed E-state index contributed by atoms with van der Waals surface area (Å²) < 4.78 is 10.4. The van der Waals surface area contributed by atoms with Gasteiger partial charge in [0.2, 0.25) is 5.91 Å². The molecule has 0 radical (unpaired) electrons. The van der Waals surface area contributed by atoms with Crippen molar-refractivity contribution in [2.24, 2.45) is 0 Å². The molecule has 2 rings (SSSR count). The minimum Gasteiger partial charge on any atom is -0.444 e. The first kappa shape index (κ1) is 17.8. The summed E-state index contributed by atoms with van der Waals surface area (Å²) in [6.45, 7) is 6.12. The molecule has 0 aliphatic carbocycles. The van der Waals surface area contributed by atoms with Crippen LogP contribution >= 0.6 is 0 Å². The Labute approximate surface area is 140 Å². The summed E-state index contributed by atoms with van der Waals surface area (Å²) in [4.78, 5) is 25.2. The van der Waals surface area contributed by atoms with Crippen LogP contribution in [0.4, 0.5) is 4.79 Å². The van der Waals surface area contributed by atoms with Gasteiger partial charge in [-0.25, -0.2) is 4.79 Å². The van der Waals surface area contributed by atoms with Gasteiger partial charge in [-0.2, -0.15) is 0 Å². The lowest BCUT2D eigenvalue weighted by Gasteiger charge is -2.24. The molecule has 0 saturated carbocycles. The van der Waals surface area contributed by atoms with Crippen LogP contribution in [0.3, 0.4) is 0 Å². The molecule has 7 nitrogen and oxygen atoms in total. The van der Waals surface area contributed by atoms with E-state index in [0.29, 0.717) is 24.4 Å². The van der Waals surface area contributed by atoms with Crippen LogP contribution in [-0.2, 0) is 16.0 Å². The van der Waals surface area contributed by atoms with Gasteiger partial charge in [-0.05, 0) is 32.9 Å². The van der Waals surface area contributed by atoms with Crippen molar-refractivity contribution < 1.29 is 18.8 Å². The zero-order valence-corrected chi connectivity index (χ0v) is 14.5. The van der Waals surface area contributed by atoms with Crippen LogP contribution in [0, 0.1) is 0 Å². The first-order valence-electron chi connectivity index (χ1n) is 7.80. The summed E-state index contributed by atoms with van der Waals surface area (Å²) in [5.74, 6) is -0.174. The van der Waals surface area contributed by atoms with Crippen LogP contribution < -0.4 is 5.32 Å². The van der Waals surface area contributed by atoms with Crippen LogP contribution in [0.25, 0.3) is 11.0 Å². The second-order valence-electron chi connectivity index (χ2n) is 6.55. The highest BCUT2D eigenvalue weighted by Gasteiger charge is 2.19. The number of carbonyl (C=O) groups is 2. The Morgan fingerprint density at radius 1 is 1.29 bits per heavy atom. The average Bonchev–Trinajstić information content (AvgIpc) is 2.88. The molecule has 0 fully saturated rings. The highest BCUT2D eigenvalue weighted by atomic mass is 16.6. The smallest absolute Gasteiger partial charge is 0.410 e. The molecule has 0 unspecified atom stereocenters. The SMILES string of the molecule is CN(CCNC(=O)Cc1noc2ccccc12)C(=O)OC(C)(C)C. The minimum absolute atomic E-state index is 0.132. The second-order valence-corrected chi connectivity index (χ2v) is 6.55. The Balaban J connectivity index is 1.78. The lowest BCUT2D eigenvalue weighted by Crippen LogP contribution is -2.39. The number of rotatable bonds is 5. The molecule has 0 aliphatic rings. The molecule has 0 spiro atoms. The molecule has 130 valence electrons. The van der Waals surface area contributed by atoms with Gasteiger partial charge in [-0.15, -0.1) is 0 Å². The monoisotopic (exact) mass is 333 g/mol. The quantitative estimate of drug-likeness (QED) is 0.908. The lowest BCUT2D eigenvalue weighted by molar-refractivity contribution is -0.120. The summed E-state index contributed by atoms with van der Waals surface area (Å²) in [5.41, 5.74) is 0.719. The topological polar surface area (TPSA) is 84.7 Å². The molecule has 1 N–H and O–H groups in total. The van der Waals surface area contributed by atoms with Crippen LogP contribution in [0.5, 0.6) is 0 Å². The molecule has 1 aromatic heterocycles. The number of para-hydroxylation sites is 1. The molecule has 0 atom stereocenters. The Morgan fingerprint density at radius 3 is 2.71 bits per heavy atom. The number of amides is 2. The van der Waals surface area contributed by atoms with E-state index in [1.54, 1.807) is 13.1 Å². The third-order valence-electron chi connectivity index (χ3n) is 3.25. The Kier molecular flexibility index (Phi) is 5.43. The van der Waals surface area contributed by atoms with E-state index in [2.05, 4.69) is 10.5 Å². The molecule has 2 aromatic rings. The van der Waals surface area contributed by atoms with E-state index in [1.807, 2.05) is 39.0 Å². The number of fused-ring (bicyclic) bond motifs is 1. The van der Waals surface area contributed by atoms with Crippen LogP contribution in [0.15, 0.2) is 28.8 Å². The molecule has 0 aliphatic heterocycles. The van der Waals surface area contributed by atoms with Crippen LogP contribution in [0.1, 0.15) is 26.5 Å². The van der Waals surface area contributed by atoms with Crippen molar-refractivity contribution in [1.82, 2.24) is 15.4 Å². The van der Waals surface area contributed by atoms with Gasteiger partial charge in [-0.3, -0.25) is 4.79 Å². The first-order chi connectivity index (χ1) is 11.3. The highest BCUT2D eigenvalue weighted by molar-refractivity contribution is 5.86. The van der Waals surface area contributed by atoms with E-state index in [1.165, 1.54) is 4.90 Å². The zero-order valence-electron chi connectivity index (χ0n) is 14.5. The number of aromatic nitrogens is 1. The Morgan fingerprint density at radius 2 is 2.00 bits per heavy atom. The van der Waals surface area contributed by atoms with E-state index in [9.17, 15) is 9.59 Å². The van der Waals surface area contributed by atoms with E-state index in [4.69, 9.17) is 9.26 Å². The van der Waals surface area contributed by atoms with Crippen LogP contribution in [0.2, 0.25) is 0 Å². The third-order valence-corrected chi connectivity index (χ3v) is 3.25. The predicted octanol–water partition coefficient (Wildman–Crippen LogP) is 2.35. The number of likely N-dealkylation sites (N-methyl/N-ethyl adjacent to an activating group) is 1. The van der Waals surface area contributed by atoms with Gasteiger partial charge in [0.25, 0.3) is 0 Å². The third kappa shape index (κ3) is 4.97. The largest absolute Gasteiger partial charge is 0.444 e.